The van der Waals surface area contributed by atoms with E-state index in [1.807, 2.05) is 11.3 Å². The molecule has 1 aliphatic heterocycles. The second-order valence-electron chi connectivity index (χ2n) is 7.88. The molecule has 2 heterocycles. The molecule has 0 spiro atoms. The van der Waals surface area contributed by atoms with Gasteiger partial charge in [-0.15, -0.1) is 11.3 Å². The second kappa shape index (κ2) is 6.15. The number of aryl methyl sites for hydroxylation is 1. The van der Waals surface area contributed by atoms with Crippen LogP contribution in [-0.4, -0.2) is 37.4 Å². The number of carbonyl (C=O) groups is 1. The zero-order valence-electron chi connectivity index (χ0n) is 14.8. The highest BCUT2D eigenvalue weighted by Crippen LogP contribution is 2.45. The second-order valence-corrected chi connectivity index (χ2v) is 8.98. The van der Waals surface area contributed by atoms with Crippen LogP contribution in [0.4, 0.5) is 0 Å². The third kappa shape index (κ3) is 3.17. The van der Waals surface area contributed by atoms with Crippen molar-refractivity contribution in [1.29, 1.82) is 0 Å². The van der Waals surface area contributed by atoms with Crippen molar-refractivity contribution in [2.75, 3.05) is 26.7 Å². The van der Waals surface area contributed by atoms with Crippen LogP contribution in [0.1, 0.15) is 59.3 Å². The summed E-state index contributed by atoms with van der Waals surface area (Å²) in [6, 6.07) is 0. The molecule has 1 aliphatic carbocycles. The topological polar surface area (TPSA) is 46.3 Å². The lowest BCUT2D eigenvalue weighted by Gasteiger charge is -2.30. The minimum atomic E-state index is 0.220. The zero-order valence-corrected chi connectivity index (χ0v) is 15.6. The molecule has 3 nitrogen and oxygen atoms in total. The van der Waals surface area contributed by atoms with Crippen LogP contribution >= 0.6 is 11.3 Å². The maximum atomic E-state index is 12.5. The first-order valence-corrected chi connectivity index (χ1v) is 9.39. The SMILES string of the molecule is CC(=O)c1c(C2=C(CN)CN(C)CC2)sc2c1CC(C)(C)CC2. The Kier molecular flexibility index (Phi) is 4.51. The number of Topliss-reactive ketones (excluding diaryl/α,β-unsaturated/α-hetero) is 1. The molecular weight excluding hydrogens is 304 g/mol. The van der Waals surface area contributed by atoms with E-state index in [-0.39, 0.29) is 5.78 Å². The van der Waals surface area contributed by atoms with E-state index in [0.717, 1.165) is 37.9 Å². The molecule has 4 heteroatoms. The summed E-state index contributed by atoms with van der Waals surface area (Å²) in [5.41, 5.74) is 11.3. The predicted octanol–water partition coefficient (Wildman–Crippen LogP) is 3.51. The van der Waals surface area contributed by atoms with Crippen molar-refractivity contribution >= 4 is 22.7 Å². The summed E-state index contributed by atoms with van der Waals surface area (Å²) < 4.78 is 0. The predicted molar refractivity (Wildman–Crippen MR) is 98.2 cm³/mol. The Labute approximate surface area is 143 Å². The molecule has 0 fully saturated rings. The Hall–Kier alpha value is -0.970. The number of nitrogens with zero attached hydrogens (tertiary/aromatic N) is 1. The van der Waals surface area contributed by atoms with Gasteiger partial charge in [-0.2, -0.15) is 0 Å². The lowest BCUT2D eigenvalue weighted by molar-refractivity contribution is 0.101. The summed E-state index contributed by atoms with van der Waals surface area (Å²) in [4.78, 5) is 17.4. The Morgan fingerprint density at radius 3 is 2.74 bits per heavy atom. The van der Waals surface area contributed by atoms with Crippen molar-refractivity contribution in [2.24, 2.45) is 11.1 Å². The van der Waals surface area contributed by atoms with Gasteiger partial charge in [0.25, 0.3) is 0 Å². The maximum absolute atomic E-state index is 12.5. The summed E-state index contributed by atoms with van der Waals surface area (Å²) in [6.45, 7) is 8.92. The average molecular weight is 333 g/mol. The van der Waals surface area contributed by atoms with Crippen molar-refractivity contribution in [1.82, 2.24) is 4.90 Å². The van der Waals surface area contributed by atoms with Crippen LogP contribution in [-0.2, 0) is 12.8 Å². The van der Waals surface area contributed by atoms with Crippen LogP contribution < -0.4 is 5.73 Å². The highest BCUT2D eigenvalue weighted by Gasteiger charge is 2.33. The minimum Gasteiger partial charge on any atom is -0.327 e. The van der Waals surface area contributed by atoms with E-state index >= 15 is 0 Å². The van der Waals surface area contributed by atoms with Gasteiger partial charge in [0.2, 0.25) is 0 Å². The number of ketones is 1. The van der Waals surface area contributed by atoms with Crippen LogP contribution in [0.2, 0.25) is 0 Å². The largest absolute Gasteiger partial charge is 0.327 e. The molecule has 0 unspecified atom stereocenters. The quantitative estimate of drug-likeness (QED) is 0.862. The molecule has 0 saturated heterocycles. The van der Waals surface area contributed by atoms with Gasteiger partial charge in [-0.3, -0.25) is 4.79 Å². The highest BCUT2D eigenvalue weighted by atomic mass is 32.1. The lowest BCUT2D eigenvalue weighted by atomic mass is 9.75. The monoisotopic (exact) mass is 332 g/mol. The Morgan fingerprint density at radius 2 is 2.09 bits per heavy atom. The molecule has 2 N–H and O–H groups in total. The summed E-state index contributed by atoms with van der Waals surface area (Å²) in [5, 5.41) is 0. The molecule has 126 valence electrons. The molecule has 23 heavy (non-hydrogen) atoms. The van der Waals surface area contributed by atoms with E-state index in [2.05, 4.69) is 25.8 Å². The third-order valence-corrected chi connectivity index (χ3v) is 6.63. The molecule has 0 atom stereocenters. The first-order valence-electron chi connectivity index (χ1n) is 8.58. The molecule has 1 aromatic heterocycles. The van der Waals surface area contributed by atoms with Crippen molar-refractivity contribution < 1.29 is 4.79 Å². The standard InChI is InChI=1S/C19H28N2OS/c1-12(22)17-15-9-19(2,3)7-5-16(15)23-18(17)14-6-8-21(4)11-13(14)10-20/h5-11,20H2,1-4H3. The number of fused-ring (bicyclic) bond motifs is 1. The van der Waals surface area contributed by atoms with Gasteiger partial charge < -0.3 is 10.6 Å². The summed E-state index contributed by atoms with van der Waals surface area (Å²) in [7, 11) is 2.14. The fraction of sp³-hybridized carbons (Fsp3) is 0.632. The van der Waals surface area contributed by atoms with Gasteiger partial charge in [0.05, 0.1) is 0 Å². The van der Waals surface area contributed by atoms with Crippen LogP contribution in [0.5, 0.6) is 0 Å². The van der Waals surface area contributed by atoms with Crippen molar-refractivity contribution in [3.8, 4) is 0 Å². The van der Waals surface area contributed by atoms with Crippen LogP contribution in [0.25, 0.3) is 5.57 Å². The molecule has 0 aromatic carbocycles. The van der Waals surface area contributed by atoms with Gasteiger partial charge in [0.1, 0.15) is 0 Å². The summed E-state index contributed by atoms with van der Waals surface area (Å²) >= 11 is 1.87. The minimum absolute atomic E-state index is 0.220. The molecule has 1 aromatic rings. The fourth-order valence-electron chi connectivity index (χ4n) is 3.95. The molecule has 2 aliphatic rings. The van der Waals surface area contributed by atoms with Crippen LogP contribution in [0, 0.1) is 5.41 Å². The molecule has 0 bridgehead atoms. The van der Waals surface area contributed by atoms with E-state index < -0.39 is 0 Å². The molecule has 0 saturated carbocycles. The number of carbonyl (C=O) groups excluding carboxylic acids is 1. The molecule has 0 radical (unpaired) electrons. The van der Waals surface area contributed by atoms with Crippen molar-refractivity contribution in [3.63, 3.8) is 0 Å². The number of nitrogens with two attached hydrogens (primary N) is 1. The average Bonchev–Trinajstić information content (AvgIpc) is 2.84. The first kappa shape index (κ1) is 16.9. The van der Waals surface area contributed by atoms with Gasteiger partial charge in [-0.05, 0) is 61.8 Å². The van der Waals surface area contributed by atoms with Crippen LogP contribution in [0.15, 0.2) is 5.57 Å². The normalized spacial score (nSPS) is 21.4. The molecule has 3 rings (SSSR count). The number of hydrogen-bond donors (Lipinski definition) is 1. The van der Waals surface area contributed by atoms with Crippen molar-refractivity contribution in [3.05, 3.63) is 26.5 Å². The van der Waals surface area contributed by atoms with E-state index in [1.54, 1.807) is 6.92 Å². The zero-order chi connectivity index (χ0) is 16.8. The van der Waals surface area contributed by atoms with Gasteiger partial charge in [0, 0.05) is 35.0 Å². The first-order chi connectivity index (χ1) is 10.8. The number of rotatable bonds is 3. The van der Waals surface area contributed by atoms with E-state index in [0.29, 0.717) is 12.0 Å². The van der Waals surface area contributed by atoms with Crippen LogP contribution in [0.3, 0.4) is 0 Å². The number of thiophene rings is 1. The maximum Gasteiger partial charge on any atom is 0.161 e. The smallest absolute Gasteiger partial charge is 0.161 e. The number of hydrogen-bond acceptors (Lipinski definition) is 4. The Morgan fingerprint density at radius 1 is 1.35 bits per heavy atom. The van der Waals surface area contributed by atoms with E-state index in [9.17, 15) is 4.79 Å². The van der Waals surface area contributed by atoms with Gasteiger partial charge in [-0.1, -0.05) is 13.8 Å². The highest BCUT2D eigenvalue weighted by molar-refractivity contribution is 7.13. The van der Waals surface area contributed by atoms with Crippen molar-refractivity contribution in [2.45, 2.75) is 46.5 Å². The van der Waals surface area contributed by atoms with Gasteiger partial charge in [-0.25, -0.2) is 0 Å². The Balaban J connectivity index is 2.14. The molecular formula is C19H28N2OS. The summed E-state index contributed by atoms with van der Waals surface area (Å²) in [6.07, 6.45) is 4.35. The summed E-state index contributed by atoms with van der Waals surface area (Å²) in [5.74, 6) is 0.220. The number of likely N-dealkylation sites (N-methyl/N-ethyl adjacent to an activating group) is 1. The Bertz CT molecular complexity index is 669. The fourth-order valence-corrected chi connectivity index (χ4v) is 5.43. The van der Waals surface area contributed by atoms with E-state index in [1.165, 1.54) is 32.9 Å². The van der Waals surface area contributed by atoms with Gasteiger partial charge >= 0.3 is 0 Å². The lowest BCUT2D eigenvalue weighted by Crippen LogP contribution is -2.30. The molecule has 0 amide bonds. The van der Waals surface area contributed by atoms with Gasteiger partial charge in [0.15, 0.2) is 5.78 Å². The van der Waals surface area contributed by atoms with E-state index in [4.69, 9.17) is 5.73 Å². The third-order valence-electron chi connectivity index (χ3n) is 5.28.